The van der Waals surface area contributed by atoms with Crippen molar-refractivity contribution in [3.63, 3.8) is 0 Å². The molecule has 1 amide bonds. The molecule has 0 spiro atoms. The minimum absolute atomic E-state index is 0.0586. The van der Waals surface area contributed by atoms with E-state index in [0.717, 1.165) is 19.4 Å². The number of methoxy groups -OCH3 is 1. The van der Waals surface area contributed by atoms with Gasteiger partial charge in [0.05, 0.1) is 13.2 Å². The maximum Gasteiger partial charge on any atom is 0.233 e. The third kappa shape index (κ3) is 3.81. The van der Waals surface area contributed by atoms with Gasteiger partial charge in [0.1, 0.15) is 0 Å². The number of hydrogen-bond acceptors (Lipinski definition) is 3. The summed E-state index contributed by atoms with van der Waals surface area (Å²) in [5.74, 6) is 0.0586. The van der Waals surface area contributed by atoms with Crippen molar-refractivity contribution in [1.29, 1.82) is 0 Å². The van der Waals surface area contributed by atoms with E-state index in [1.54, 1.807) is 7.11 Å². The zero-order valence-corrected chi connectivity index (χ0v) is 12.2. The predicted molar refractivity (Wildman–Crippen MR) is 79.7 cm³/mol. The summed E-state index contributed by atoms with van der Waals surface area (Å²) < 4.78 is 4.93. The maximum absolute atomic E-state index is 11.8. The fourth-order valence-electron chi connectivity index (χ4n) is 2.67. The molecule has 0 heterocycles. The van der Waals surface area contributed by atoms with Crippen molar-refractivity contribution in [2.24, 2.45) is 0 Å². The molecule has 0 unspecified atom stereocenters. The Labute approximate surface area is 120 Å². The molecule has 1 aromatic rings. The lowest BCUT2D eigenvalue weighted by molar-refractivity contribution is -0.120. The Balaban J connectivity index is 1.78. The molecule has 20 heavy (non-hydrogen) atoms. The van der Waals surface area contributed by atoms with Gasteiger partial charge in [0.15, 0.2) is 0 Å². The average molecular weight is 276 g/mol. The zero-order valence-electron chi connectivity index (χ0n) is 12.2. The first kappa shape index (κ1) is 15.0. The Hall–Kier alpha value is -1.39. The molecule has 2 rings (SSSR count). The van der Waals surface area contributed by atoms with Crippen molar-refractivity contribution in [2.45, 2.75) is 24.7 Å². The lowest BCUT2D eigenvalue weighted by Gasteiger charge is -2.42. The van der Waals surface area contributed by atoms with Crippen molar-refractivity contribution in [2.75, 3.05) is 33.4 Å². The molecule has 110 valence electrons. The molecule has 0 aromatic heterocycles. The Morgan fingerprint density at radius 2 is 2.05 bits per heavy atom. The Morgan fingerprint density at radius 1 is 1.30 bits per heavy atom. The molecule has 0 saturated heterocycles. The summed E-state index contributed by atoms with van der Waals surface area (Å²) in [6.45, 7) is 2.42. The topological polar surface area (TPSA) is 50.4 Å². The Morgan fingerprint density at radius 3 is 2.65 bits per heavy atom. The molecule has 4 heteroatoms. The van der Waals surface area contributed by atoms with Crippen LogP contribution >= 0.6 is 0 Å². The molecular formula is C16H24N2O2. The highest BCUT2D eigenvalue weighted by Gasteiger charge is 2.38. The third-order valence-corrected chi connectivity index (χ3v) is 4.09. The van der Waals surface area contributed by atoms with E-state index >= 15 is 0 Å². The van der Waals surface area contributed by atoms with Gasteiger partial charge >= 0.3 is 0 Å². The quantitative estimate of drug-likeness (QED) is 0.707. The van der Waals surface area contributed by atoms with E-state index in [9.17, 15) is 4.79 Å². The van der Waals surface area contributed by atoms with Crippen LogP contribution in [0, 0.1) is 0 Å². The monoisotopic (exact) mass is 276 g/mol. The van der Waals surface area contributed by atoms with Crippen LogP contribution in [-0.4, -0.2) is 39.3 Å². The molecule has 2 N–H and O–H groups in total. The van der Waals surface area contributed by atoms with Gasteiger partial charge in [0.2, 0.25) is 5.91 Å². The van der Waals surface area contributed by atoms with Gasteiger partial charge < -0.3 is 15.4 Å². The van der Waals surface area contributed by atoms with Crippen LogP contribution in [-0.2, 0) is 14.9 Å². The lowest BCUT2D eigenvalue weighted by Crippen LogP contribution is -2.47. The molecule has 0 atom stereocenters. The first-order valence-electron chi connectivity index (χ1n) is 7.29. The summed E-state index contributed by atoms with van der Waals surface area (Å²) in [6.07, 6.45) is 3.57. The molecular weight excluding hydrogens is 252 g/mol. The van der Waals surface area contributed by atoms with E-state index in [2.05, 4.69) is 34.9 Å². The van der Waals surface area contributed by atoms with Crippen molar-refractivity contribution in [3.05, 3.63) is 35.9 Å². The largest absolute Gasteiger partial charge is 0.383 e. The van der Waals surface area contributed by atoms with Crippen LogP contribution in [0.25, 0.3) is 0 Å². The van der Waals surface area contributed by atoms with Gasteiger partial charge in [-0.2, -0.15) is 0 Å². The maximum atomic E-state index is 11.8. The van der Waals surface area contributed by atoms with Crippen molar-refractivity contribution in [1.82, 2.24) is 10.6 Å². The smallest absolute Gasteiger partial charge is 0.233 e. The summed E-state index contributed by atoms with van der Waals surface area (Å²) in [5, 5.41) is 6.12. The van der Waals surface area contributed by atoms with Gasteiger partial charge in [-0.05, 0) is 18.4 Å². The van der Waals surface area contributed by atoms with Crippen LogP contribution in [0.2, 0.25) is 0 Å². The first-order valence-corrected chi connectivity index (χ1v) is 7.29. The number of carbonyl (C=O) groups is 1. The Bertz CT molecular complexity index is 416. The van der Waals surface area contributed by atoms with E-state index in [0.29, 0.717) is 19.7 Å². The van der Waals surface area contributed by atoms with Crippen molar-refractivity contribution >= 4 is 5.91 Å². The SMILES string of the molecule is COCCNCC(=O)NCC1(c2ccccc2)CCC1. The molecule has 0 aliphatic heterocycles. The van der Waals surface area contributed by atoms with Gasteiger partial charge in [-0.25, -0.2) is 0 Å². The lowest BCUT2D eigenvalue weighted by atomic mass is 9.64. The van der Waals surface area contributed by atoms with E-state index in [-0.39, 0.29) is 11.3 Å². The highest BCUT2D eigenvalue weighted by Crippen LogP contribution is 2.42. The summed E-state index contributed by atoms with van der Waals surface area (Å²) in [5.41, 5.74) is 1.50. The van der Waals surface area contributed by atoms with Gasteiger partial charge in [0.25, 0.3) is 0 Å². The number of hydrogen-bond donors (Lipinski definition) is 2. The molecule has 1 aliphatic rings. The second kappa shape index (κ2) is 7.41. The fraction of sp³-hybridized carbons (Fsp3) is 0.562. The van der Waals surface area contributed by atoms with Gasteiger partial charge in [0, 0.05) is 25.6 Å². The highest BCUT2D eigenvalue weighted by atomic mass is 16.5. The first-order chi connectivity index (χ1) is 9.77. The van der Waals surface area contributed by atoms with E-state index < -0.39 is 0 Å². The highest BCUT2D eigenvalue weighted by molar-refractivity contribution is 5.78. The van der Waals surface area contributed by atoms with Crippen LogP contribution in [0.5, 0.6) is 0 Å². The summed E-state index contributed by atoms with van der Waals surface area (Å²) in [4.78, 5) is 11.8. The molecule has 4 nitrogen and oxygen atoms in total. The second-order valence-electron chi connectivity index (χ2n) is 5.45. The second-order valence-corrected chi connectivity index (χ2v) is 5.45. The minimum Gasteiger partial charge on any atom is -0.383 e. The fourth-order valence-corrected chi connectivity index (χ4v) is 2.67. The molecule has 1 aromatic carbocycles. The number of amides is 1. The zero-order chi connectivity index (χ0) is 14.3. The van der Waals surface area contributed by atoms with Gasteiger partial charge in [-0.3, -0.25) is 4.79 Å². The van der Waals surface area contributed by atoms with E-state index in [1.807, 2.05) is 6.07 Å². The summed E-state index contributed by atoms with van der Waals surface area (Å²) in [6, 6.07) is 10.5. The molecule has 1 fully saturated rings. The number of benzene rings is 1. The van der Waals surface area contributed by atoms with Crippen LogP contribution in [0.15, 0.2) is 30.3 Å². The number of ether oxygens (including phenoxy) is 1. The van der Waals surface area contributed by atoms with Crippen LogP contribution < -0.4 is 10.6 Å². The van der Waals surface area contributed by atoms with Gasteiger partial charge in [-0.15, -0.1) is 0 Å². The number of rotatable bonds is 8. The van der Waals surface area contributed by atoms with E-state index in [4.69, 9.17) is 4.74 Å². The average Bonchev–Trinajstić information content (AvgIpc) is 2.44. The van der Waals surface area contributed by atoms with E-state index in [1.165, 1.54) is 12.0 Å². The van der Waals surface area contributed by atoms with Crippen LogP contribution in [0.3, 0.4) is 0 Å². The number of carbonyl (C=O) groups excluding carboxylic acids is 1. The third-order valence-electron chi connectivity index (χ3n) is 4.09. The predicted octanol–water partition coefficient (Wildman–Crippen LogP) is 1.46. The van der Waals surface area contributed by atoms with Crippen molar-refractivity contribution < 1.29 is 9.53 Å². The van der Waals surface area contributed by atoms with Gasteiger partial charge in [-0.1, -0.05) is 36.8 Å². The normalized spacial score (nSPS) is 16.4. The van der Waals surface area contributed by atoms with Crippen LogP contribution in [0.4, 0.5) is 0 Å². The van der Waals surface area contributed by atoms with Crippen LogP contribution in [0.1, 0.15) is 24.8 Å². The molecule has 0 bridgehead atoms. The summed E-state index contributed by atoms with van der Waals surface area (Å²) >= 11 is 0. The Kier molecular flexibility index (Phi) is 5.56. The summed E-state index contributed by atoms with van der Waals surface area (Å²) in [7, 11) is 1.65. The molecule has 1 aliphatic carbocycles. The molecule has 0 radical (unpaired) electrons. The number of nitrogens with one attached hydrogen (secondary N) is 2. The molecule has 1 saturated carbocycles. The van der Waals surface area contributed by atoms with Crippen molar-refractivity contribution in [3.8, 4) is 0 Å². The minimum atomic E-state index is 0.0586. The standard InChI is InChI=1S/C16H24N2O2/c1-20-11-10-17-12-15(19)18-13-16(8-5-9-16)14-6-3-2-4-7-14/h2-4,6-7,17H,5,8-13H2,1H3,(H,18,19).